The van der Waals surface area contributed by atoms with Gasteiger partial charge in [-0.15, -0.1) is 0 Å². The minimum Gasteiger partial charge on any atom is -0.349 e. The molecule has 1 aliphatic rings. The Hall–Kier alpha value is -1.84. The molecule has 2 aromatic rings. The molecule has 4 nitrogen and oxygen atoms in total. The van der Waals surface area contributed by atoms with Crippen LogP contribution in [0.4, 0.5) is 0 Å². The van der Waals surface area contributed by atoms with Crippen molar-refractivity contribution in [3.63, 3.8) is 0 Å². The number of hydrogen-bond acceptors (Lipinski definition) is 2. The van der Waals surface area contributed by atoms with Crippen LogP contribution in [-0.2, 0) is 17.9 Å². The van der Waals surface area contributed by atoms with E-state index < -0.39 is 0 Å². The maximum Gasteiger partial charge on any atom is 0.223 e. The Morgan fingerprint density at radius 2 is 2.21 bits per heavy atom. The molecule has 100 valence electrons. The van der Waals surface area contributed by atoms with E-state index >= 15 is 0 Å². The van der Waals surface area contributed by atoms with Crippen LogP contribution in [0.2, 0.25) is 0 Å². The molecule has 19 heavy (non-hydrogen) atoms. The lowest BCUT2D eigenvalue weighted by molar-refractivity contribution is -0.122. The molecule has 1 saturated carbocycles. The van der Waals surface area contributed by atoms with Crippen molar-refractivity contribution in [1.82, 2.24) is 14.9 Å². The van der Waals surface area contributed by atoms with E-state index in [-0.39, 0.29) is 11.8 Å². The van der Waals surface area contributed by atoms with Gasteiger partial charge in [0.1, 0.15) is 5.82 Å². The molecule has 0 unspecified atom stereocenters. The summed E-state index contributed by atoms with van der Waals surface area (Å²) in [4.78, 5) is 16.5. The van der Waals surface area contributed by atoms with E-state index in [1.165, 1.54) is 0 Å². The number of nitrogens with zero attached hydrogens (tertiary/aromatic N) is 2. The molecule has 0 bridgehead atoms. The number of imidazole rings is 1. The molecular weight excluding hydrogens is 238 g/mol. The number of hydrogen-bond donors (Lipinski definition) is 1. The second-order valence-corrected chi connectivity index (χ2v) is 5.30. The average Bonchev–Trinajstić information content (AvgIpc) is 3.04. The quantitative estimate of drug-likeness (QED) is 0.913. The van der Waals surface area contributed by atoms with Crippen LogP contribution in [0.15, 0.2) is 24.3 Å². The highest BCUT2D eigenvalue weighted by atomic mass is 16.2. The van der Waals surface area contributed by atoms with Crippen molar-refractivity contribution in [3.8, 4) is 0 Å². The summed E-state index contributed by atoms with van der Waals surface area (Å²) in [5.74, 6) is 1.87. The fourth-order valence-corrected chi connectivity index (χ4v) is 2.60. The summed E-state index contributed by atoms with van der Waals surface area (Å²) in [5, 5.41) is 3.00. The lowest BCUT2D eigenvalue weighted by Crippen LogP contribution is -2.26. The van der Waals surface area contributed by atoms with Crippen molar-refractivity contribution in [1.29, 1.82) is 0 Å². The highest BCUT2D eigenvalue weighted by molar-refractivity contribution is 5.81. The second-order valence-electron chi connectivity index (χ2n) is 5.30. The summed E-state index contributed by atoms with van der Waals surface area (Å²) in [6, 6.07) is 8.09. The Labute approximate surface area is 112 Å². The molecule has 1 aromatic carbocycles. The first-order valence-corrected chi connectivity index (χ1v) is 6.92. The van der Waals surface area contributed by atoms with E-state index in [0.717, 1.165) is 29.8 Å². The van der Waals surface area contributed by atoms with Crippen LogP contribution in [-0.4, -0.2) is 15.5 Å². The number of rotatable bonds is 4. The first-order valence-electron chi connectivity index (χ1n) is 6.92. The van der Waals surface area contributed by atoms with Gasteiger partial charge in [0, 0.05) is 12.5 Å². The Morgan fingerprint density at radius 3 is 2.89 bits per heavy atom. The van der Waals surface area contributed by atoms with E-state index in [2.05, 4.69) is 34.8 Å². The Morgan fingerprint density at radius 1 is 1.47 bits per heavy atom. The fourth-order valence-electron chi connectivity index (χ4n) is 2.60. The van der Waals surface area contributed by atoms with E-state index in [1.54, 1.807) is 0 Å². The summed E-state index contributed by atoms with van der Waals surface area (Å²) >= 11 is 0. The summed E-state index contributed by atoms with van der Waals surface area (Å²) < 4.78 is 2.16. The topological polar surface area (TPSA) is 46.9 Å². The number of aryl methyl sites for hydroxylation is 1. The molecule has 4 heteroatoms. The third kappa shape index (κ3) is 2.23. The van der Waals surface area contributed by atoms with Gasteiger partial charge in [0.05, 0.1) is 17.6 Å². The zero-order chi connectivity index (χ0) is 13.4. The van der Waals surface area contributed by atoms with E-state index in [4.69, 9.17) is 0 Å². The Kier molecular flexibility index (Phi) is 3.01. The maximum atomic E-state index is 11.9. The normalized spacial score (nSPS) is 21.6. The van der Waals surface area contributed by atoms with Gasteiger partial charge in [-0.1, -0.05) is 19.1 Å². The molecule has 1 aromatic heterocycles. The van der Waals surface area contributed by atoms with Crippen molar-refractivity contribution in [2.24, 2.45) is 11.8 Å². The molecule has 0 spiro atoms. The number of para-hydroxylation sites is 2. The second kappa shape index (κ2) is 4.68. The zero-order valence-electron chi connectivity index (χ0n) is 11.4. The van der Waals surface area contributed by atoms with Gasteiger partial charge in [0.25, 0.3) is 0 Å². The van der Waals surface area contributed by atoms with Crippen molar-refractivity contribution in [2.75, 3.05) is 0 Å². The third-order valence-electron chi connectivity index (χ3n) is 3.92. The molecule has 1 N–H and O–H groups in total. The first-order chi connectivity index (χ1) is 9.20. The van der Waals surface area contributed by atoms with Crippen molar-refractivity contribution >= 4 is 16.9 Å². The SMILES string of the molecule is CCn1c(CNC(=O)[C@@H]2C[C@@H]2C)nc2ccccc21. The lowest BCUT2D eigenvalue weighted by atomic mass is 10.3. The van der Waals surface area contributed by atoms with Crippen molar-refractivity contribution in [2.45, 2.75) is 33.4 Å². The number of nitrogens with one attached hydrogen (secondary N) is 1. The van der Waals surface area contributed by atoms with Crippen LogP contribution in [0.3, 0.4) is 0 Å². The summed E-state index contributed by atoms with van der Waals surface area (Å²) in [6.07, 6.45) is 1.02. The van der Waals surface area contributed by atoms with Gasteiger partial charge in [-0.3, -0.25) is 4.79 Å². The predicted octanol–water partition coefficient (Wildman–Crippen LogP) is 2.33. The van der Waals surface area contributed by atoms with Crippen molar-refractivity contribution < 1.29 is 4.79 Å². The largest absolute Gasteiger partial charge is 0.349 e. The zero-order valence-corrected chi connectivity index (χ0v) is 11.4. The molecule has 1 aliphatic carbocycles. The monoisotopic (exact) mass is 257 g/mol. The minimum absolute atomic E-state index is 0.169. The summed E-state index contributed by atoms with van der Waals surface area (Å²) in [5.41, 5.74) is 2.13. The number of fused-ring (bicyclic) bond motifs is 1. The standard InChI is InChI=1S/C15H19N3O/c1-3-18-13-7-5-4-6-12(13)17-14(18)9-16-15(19)11-8-10(11)2/h4-7,10-11H,3,8-9H2,1-2H3,(H,16,19)/t10-,11+/m0/s1. The highest BCUT2D eigenvalue weighted by Gasteiger charge is 2.38. The molecule has 2 atom stereocenters. The van der Waals surface area contributed by atoms with Crippen LogP contribution >= 0.6 is 0 Å². The maximum absolute atomic E-state index is 11.9. The molecule has 1 heterocycles. The Bertz CT molecular complexity index is 617. The first kappa shape index (κ1) is 12.2. The number of amides is 1. The van der Waals surface area contributed by atoms with E-state index in [9.17, 15) is 4.79 Å². The molecule has 1 fully saturated rings. The van der Waals surface area contributed by atoms with Gasteiger partial charge in [-0.25, -0.2) is 4.98 Å². The van der Waals surface area contributed by atoms with Gasteiger partial charge in [-0.2, -0.15) is 0 Å². The van der Waals surface area contributed by atoms with Crippen LogP contribution in [0, 0.1) is 11.8 Å². The molecule has 0 saturated heterocycles. The number of aromatic nitrogens is 2. The van der Waals surface area contributed by atoms with Gasteiger partial charge in [0.2, 0.25) is 5.91 Å². The average molecular weight is 257 g/mol. The molecular formula is C15H19N3O. The number of benzene rings is 1. The van der Waals surface area contributed by atoms with Crippen LogP contribution in [0.25, 0.3) is 11.0 Å². The smallest absolute Gasteiger partial charge is 0.223 e. The number of carbonyl (C=O) groups excluding carboxylic acids is 1. The summed E-state index contributed by atoms with van der Waals surface area (Å²) in [6.45, 7) is 5.60. The fraction of sp³-hybridized carbons (Fsp3) is 0.467. The van der Waals surface area contributed by atoms with Gasteiger partial charge >= 0.3 is 0 Å². The van der Waals surface area contributed by atoms with Crippen LogP contribution in [0.5, 0.6) is 0 Å². The molecule has 3 rings (SSSR count). The number of carbonyl (C=O) groups is 1. The van der Waals surface area contributed by atoms with E-state index in [0.29, 0.717) is 12.5 Å². The molecule has 0 radical (unpaired) electrons. The predicted molar refractivity (Wildman–Crippen MR) is 74.5 cm³/mol. The highest BCUT2D eigenvalue weighted by Crippen LogP contribution is 2.37. The van der Waals surface area contributed by atoms with Gasteiger partial charge in [0.15, 0.2) is 0 Å². The van der Waals surface area contributed by atoms with Crippen LogP contribution in [0.1, 0.15) is 26.1 Å². The lowest BCUT2D eigenvalue weighted by Gasteiger charge is -2.07. The minimum atomic E-state index is 0.169. The van der Waals surface area contributed by atoms with Gasteiger partial charge < -0.3 is 9.88 Å². The van der Waals surface area contributed by atoms with E-state index in [1.807, 2.05) is 18.2 Å². The van der Waals surface area contributed by atoms with Crippen LogP contribution < -0.4 is 5.32 Å². The molecule has 1 amide bonds. The molecule has 0 aliphatic heterocycles. The third-order valence-corrected chi connectivity index (χ3v) is 3.92. The Balaban J connectivity index is 1.78. The van der Waals surface area contributed by atoms with Gasteiger partial charge in [-0.05, 0) is 31.4 Å². The summed E-state index contributed by atoms with van der Waals surface area (Å²) in [7, 11) is 0. The van der Waals surface area contributed by atoms with Crippen molar-refractivity contribution in [3.05, 3.63) is 30.1 Å².